The van der Waals surface area contributed by atoms with Crippen LogP contribution in [0.1, 0.15) is 5.56 Å². The van der Waals surface area contributed by atoms with Crippen molar-refractivity contribution in [1.82, 2.24) is 0 Å². The molecule has 1 rings (SSSR count). The van der Waals surface area contributed by atoms with E-state index in [4.69, 9.17) is 9.94 Å². The van der Waals surface area contributed by atoms with Crippen molar-refractivity contribution in [2.75, 3.05) is 12.4 Å². The normalized spacial score (nSPS) is 11.4. The van der Waals surface area contributed by atoms with Crippen molar-refractivity contribution in [3.63, 3.8) is 0 Å². The number of benzene rings is 1. The highest BCUT2D eigenvalue weighted by atomic mass is 79.9. The first-order valence-corrected chi connectivity index (χ1v) is 4.85. The zero-order valence-corrected chi connectivity index (χ0v) is 8.78. The molecule has 0 heterocycles. The minimum absolute atomic E-state index is 0.511. The zero-order valence-electron chi connectivity index (χ0n) is 7.20. The van der Waals surface area contributed by atoms with E-state index in [1.165, 1.54) is 0 Å². The number of hydrogen-bond acceptors (Lipinski definition) is 3. The third kappa shape index (κ3) is 2.45. The molecule has 0 spiro atoms. The number of ether oxygens (including phenoxy) is 1. The molecule has 0 aromatic heterocycles. The summed E-state index contributed by atoms with van der Waals surface area (Å²) in [6.07, 6.45) is 0. The van der Waals surface area contributed by atoms with Crippen molar-refractivity contribution in [2.24, 2.45) is 5.16 Å². The Morgan fingerprint density at radius 2 is 2.38 bits per heavy atom. The minimum Gasteiger partial charge on any atom is -0.497 e. The van der Waals surface area contributed by atoms with E-state index in [1.54, 1.807) is 7.11 Å². The molecule has 0 amide bonds. The molecule has 0 aliphatic heterocycles. The molecule has 1 aromatic rings. The maximum absolute atomic E-state index is 8.66. The largest absolute Gasteiger partial charge is 0.497 e. The second-order valence-electron chi connectivity index (χ2n) is 2.41. The molecule has 0 bridgehead atoms. The molecule has 13 heavy (non-hydrogen) atoms. The van der Waals surface area contributed by atoms with Gasteiger partial charge in [-0.3, -0.25) is 0 Å². The first-order chi connectivity index (χ1) is 6.31. The number of hydrogen-bond donors (Lipinski definition) is 1. The van der Waals surface area contributed by atoms with E-state index in [-0.39, 0.29) is 0 Å². The summed E-state index contributed by atoms with van der Waals surface area (Å²) in [5, 5.41) is 12.3. The smallest absolute Gasteiger partial charge is 0.119 e. The highest BCUT2D eigenvalue weighted by molar-refractivity contribution is 9.09. The van der Waals surface area contributed by atoms with Crippen LogP contribution in [0.2, 0.25) is 0 Å². The summed E-state index contributed by atoms with van der Waals surface area (Å²) in [6.45, 7) is 0. The van der Waals surface area contributed by atoms with Crippen molar-refractivity contribution < 1.29 is 9.94 Å². The van der Waals surface area contributed by atoms with E-state index in [1.807, 2.05) is 24.3 Å². The van der Waals surface area contributed by atoms with Gasteiger partial charge in [0.15, 0.2) is 0 Å². The van der Waals surface area contributed by atoms with Crippen molar-refractivity contribution in [3.05, 3.63) is 29.8 Å². The Kier molecular flexibility index (Phi) is 3.76. The van der Waals surface area contributed by atoms with Gasteiger partial charge in [-0.1, -0.05) is 33.2 Å². The number of oxime groups is 1. The van der Waals surface area contributed by atoms with Crippen molar-refractivity contribution in [1.29, 1.82) is 0 Å². The maximum atomic E-state index is 8.66. The summed E-state index contributed by atoms with van der Waals surface area (Å²) in [6, 6.07) is 7.36. The fraction of sp³-hybridized carbons (Fsp3) is 0.222. The van der Waals surface area contributed by atoms with E-state index in [0.717, 1.165) is 11.3 Å². The third-order valence-electron chi connectivity index (χ3n) is 1.65. The molecular weight excluding hydrogens is 234 g/mol. The molecule has 1 N–H and O–H groups in total. The molecule has 3 nitrogen and oxygen atoms in total. The minimum atomic E-state index is 0.511. The Morgan fingerprint density at radius 1 is 1.62 bits per heavy atom. The Balaban J connectivity index is 3.00. The van der Waals surface area contributed by atoms with E-state index < -0.39 is 0 Å². The van der Waals surface area contributed by atoms with Gasteiger partial charge in [-0.2, -0.15) is 0 Å². The lowest BCUT2D eigenvalue weighted by Gasteiger charge is -2.03. The van der Waals surface area contributed by atoms with Gasteiger partial charge in [0.25, 0.3) is 0 Å². The fourth-order valence-electron chi connectivity index (χ4n) is 0.964. The Morgan fingerprint density at radius 3 is 2.92 bits per heavy atom. The number of alkyl halides is 1. The van der Waals surface area contributed by atoms with Crippen LogP contribution in [-0.2, 0) is 0 Å². The van der Waals surface area contributed by atoms with Crippen LogP contribution in [0.3, 0.4) is 0 Å². The maximum Gasteiger partial charge on any atom is 0.119 e. The number of nitrogens with zero attached hydrogens (tertiary/aromatic N) is 1. The third-order valence-corrected chi connectivity index (χ3v) is 2.18. The van der Waals surface area contributed by atoms with Crippen molar-refractivity contribution in [2.45, 2.75) is 0 Å². The Bertz CT molecular complexity index is 312. The molecule has 0 aliphatic carbocycles. The molecule has 0 unspecified atom stereocenters. The molecule has 0 radical (unpaired) electrons. The standard InChI is InChI=1S/C9H10BrNO2/c1-13-8-4-2-3-7(5-8)9(6-10)11-12/h2-5,12H,6H2,1H3. The summed E-state index contributed by atoms with van der Waals surface area (Å²) in [5.74, 6) is 0.750. The van der Waals surface area contributed by atoms with Gasteiger partial charge in [0.1, 0.15) is 5.75 Å². The molecule has 0 saturated heterocycles. The lowest BCUT2D eigenvalue weighted by Crippen LogP contribution is -2.02. The molecule has 1 aromatic carbocycles. The van der Waals surface area contributed by atoms with Crippen molar-refractivity contribution in [3.8, 4) is 5.75 Å². The number of methoxy groups -OCH3 is 1. The highest BCUT2D eigenvalue weighted by Gasteiger charge is 2.02. The lowest BCUT2D eigenvalue weighted by atomic mass is 10.1. The molecule has 0 fully saturated rings. The van der Waals surface area contributed by atoms with Gasteiger partial charge < -0.3 is 9.94 Å². The summed E-state index contributed by atoms with van der Waals surface area (Å²) in [4.78, 5) is 0. The Labute approximate surface area is 85.2 Å². The van der Waals surface area contributed by atoms with Gasteiger partial charge >= 0.3 is 0 Å². The summed E-state index contributed by atoms with van der Waals surface area (Å²) < 4.78 is 5.04. The average Bonchev–Trinajstić information content (AvgIpc) is 2.20. The zero-order chi connectivity index (χ0) is 9.68. The van der Waals surface area contributed by atoms with Crippen LogP contribution in [0.4, 0.5) is 0 Å². The van der Waals surface area contributed by atoms with E-state index in [0.29, 0.717) is 11.0 Å². The number of halogens is 1. The van der Waals surface area contributed by atoms with Gasteiger partial charge in [0, 0.05) is 10.9 Å². The van der Waals surface area contributed by atoms with Gasteiger partial charge in [0.2, 0.25) is 0 Å². The Hall–Kier alpha value is -1.03. The van der Waals surface area contributed by atoms with E-state index >= 15 is 0 Å². The summed E-state index contributed by atoms with van der Waals surface area (Å²) >= 11 is 3.23. The van der Waals surface area contributed by atoms with Crippen LogP contribution < -0.4 is 4.74 Å². The van der Waals surface area contributed by atoms with Gasteiger partial charge in [0.05, 0.1) is 12.8 Å². The molecule has 0 saturated carbocycles. The first kappa shape index (κ1) is 10.1. The molecule has 0 aliphatic rings. The van der Waals surface area contributed by atoms with E-state index in [9.17, 15) is 0 Å². The van der Waals surface area contributed by atoms with Gasteiger partial charge in [-0.25, -0.2) is 0 Å². The second-order valence-corrected chi connectivity index (χ2v) is 2.97. The molecule has 4 heteroatoms. The van der Waals surface area contributed by atoms with Crippen molar-refractivity contribution >= 4 is 21.6 Å². The monoisotopic (exact) mass is 243 g/mol. The van der Waals surface area contributed by atoms with Crippen LogP contribution in [0.5, 0.6) is 5.75 Å². The average molecular weight is 244 g/mol. The first-order valence-electron chi connectivity index (χ1n) is 3.73. The second kappa shape index (κ2) is 4.87. The van der Waals surface area contributed by atoms with Crippen LogP contribution in [0.15, 0.2) is 29.4 Å². The quantitative estimate of drug-likeness (QED) is 0.383. The molecule has 0 atom stereocenters. The van der Waals surface area contributed by atoms with Crippen LogP contribution in [-0.4, -0.2) is 23.4 Å². The highest BCUT2D eigenvalue weighted by Crippen LogP contribution is 2.13. The number of rotatable bonds is 3. The lowest BCUT2D eigenvalue weighted by molar-refractivity contribution is 0.319. The predicted molar refractivity (Wildman–Crippen MR) is 55.1 cm³/mol. The fourth-order valence-corrected chi connectivity index (χ4v) is 1.40. The van der Waals surface area contributed by atoms with Crippen LogP contribution >= 0.6 is 15.9 Å². The van der Waals surface area contributed by atoms with E-state index in [2.05, 4.69) is 21.1 Å². The summed E-state index contributed by atoms with van der Waals surface area (Å²) in [7, 11) is 1.60. The molecule has 70 valence electrons. The molecular formula is C9H10BrNO2. The van der Waals surface area contributed by atoms with Gasteiger partial charge in [-0.15, -0.1) is 0 Å². The predicted octanol–water partition coefficient (Wildman–Crippen LogP) is 2.27. The van der Waals surface area contributed by atoms with Gasteiger partial charge in [-0.05, 0) is 12.1 Å². The SMILES string of the molecule is COc1cccc(C(CBr)=NO)c1. The topological polar surface area (TPSA) is 41.8 Å². The van der Waals surface area contributed by atoms with Crippen LogP contribution in [0, 0.1) is 0 Å². The van der Waals surface area contributed by atoms with Crippen LogP contribution in [0.25, 0.3) is 0 Å². The summed E-state index contributed by atoms with van der Waals surface area (Å²) in [5.41, 5.74) is 1.43.